The lowest BCUT2D eigenvalue weighted by Crippen LogP contribution is -2.06. The predicted octanol–water partition coefficient (Wildman–Crippen LogP) is 2.11. The van der Waals surface area contributed by atoms with Crippen LogP contribution in [0.5, 0.6) is 0 Å². The Morgan fingerprint density at radius 2 is 2.18 bits per heavy atom. The molecule has 0 saturated heterocycles. The van der Waals surface area contributed by atoms with Crippen molar-refractivity contribution in [1.82, 2.24) is 4.98 Å². The van der Waals surface area contributed by atoms with Crippen molar-refractivity contribution in [3.05, 3.63) is 22.7 Å². The van der Waals surface area contributed by atoms with Crippen LogP contribution in [0.2, 0.25) is 0 Å². The maximum atomic E-state index is 11.2. The third-order valence-electron chi connectivity index (χ3n) is 1.60. The zero-order valence-corrected chi connectivity index (χ0v) is 10.8. The number of anilines is 1. The lowest BCUT2D eigenvalue weighted by Gasteiger charge is -1.99. The minimum absolute atomic E-state index is 0.110. The number of hydrogen-bond donors (Lipinski definition) is 1. The van der Waals surface area contributed by atoms with E-state index < -0.39 is 0 Å². The summed E-state index contributed by atoms with van der Waals surface area (Å²) in [4.78, 5) is 26.1. The SMILES string of the molecule is CC(=O)Nc1nc(COC(=O)C=C(C)C)cs1. The highest BCUT2D eigenvalue weighted by Gasteiger charge is 2.05. The second-order valence-corrected chi connectivity index (χ2v) is 4.51. The Balaban J connectivity index is 2.47. The fourth-order valence-corrected chi connectivity index (χ4v) is 1.74. The van der Waals surface area contributed by atoms with Gasteiger partial charge in [0.1, 0.15) is 6.61 Å². The van der Waals surface area contributed by atoms with Crippen LogP contribution in [-0.4, -0.2) is 16.9 Å². The van der Waals surface area contributed by atoms with Crippen LogP contribution in [0.25, 0.3) is 0 Å². The summed E-state index contributed by atoms with van der Waals surface area (Å²) in [6.07, 6.45) is 1.42. The van der Waals surface area contributed by atoms with Crippen molar-refractivity contribution in [3.8, 4) is 0 Å². The second-order valence-electron chi connectivity index (χ2n) is 3.65. The highest BCUT2D eigenvalue weighted by atomic mass is 32.1. The maximum Gasteiger partial charge on any atom is 0.331 e. The molecule has 0 aliphatic rings. The van der Waals surface area contributed by atoms with Crippen molar-refractivity contribution in [2.75, 3.05) is 5.32 Å². The standard InChI is InChI=1S/C11H14N2O3S/c1-7(2)4-10(15)16-5-9-6-17-11(13-9)12-8(3)14/h4,6H,5H2,1-3H3,(H,12,13,14). The maximum absolute atomic E-state index is 11.2. The van der Waals surface area contributed by atoms with Crippen molar-refractivity contribution in [1.29, 1.82) is 0 Å². The molecule has 0 atom stereocenters. The molecule has 6 heteroatoms. The van der Waals surface area contributed by atoms with Crippen molar-refractivity contribution in [2.45, 2.75) is 27.4 Å². The number of carbonyl (C=O) groups is 2. The van der Waals surface area contributed by atoms with Gasteiger partial charge in [0.05, 0.1) is 5.69 Å². The Kier molecular flexibility index (Phi) is 4.84. The number of thiazole rings is 1. The first kappa shape index (κ1) is 13.4. The predicted molar refractivity (Wildman–Crippen MR) is 65.6 cm³/mol. The molecule has 1 heterocycles. The molecular weight excluding hydrogens is 240 g/mol. The zero-order chi connectivity index (χ0) is 12.8. The molecular formula is C11H14N2O3S. The molecule has 0 spiro atoms. The molecule has 0 radical (unpaired) electrons. The van der Waals surface area contributed by atoms with Gasteiger partial charge in [0.2, 0.25) is 5.91 Å². The molecule has 1 aromatic heterocycles. The van der Waals surface area contributed by atoms with Gasteiger partial charge in [0.25, 0.3) is 0 Å². The molecule has 0 saturated carbocycles. The lowest BCUT2D eigenvalue weighted by molar-refractivity contribution is -0.139. The van der Waals surface area contributed by atoms with Crippen LogP contribution < -0.4 is 5.32 Å². The molecule has 0 bridgehead atoms. The minimum Gasteiger partial charge on any atom is -0.456 e. The molecule has 5 nitrogen and oxygen atoms in total. The Morgan fingerprint density at radius 1 is 1.47 bits per heavy atom. The number of carbonyl (C=O) groups excluding carboxylic acids is 2. The smallest absolute Gasteiger partial charge is 0.331 e. The molecule has 92 valence electrons. The van der Waals surface area contributed by atoms with Gasteiger partial charge < -0.3 is 10.1 Å². The molecule has 1 aromatic rings. The number of esters is 1. The third kappa shape index (κ3) is 5.26. The number of amides is 1. The number of ether oxygens (including phenoxy) is 1. The van der Waals surface area contributed by atoms with Gasteiger partial charge in [-0.25, -0.2) is 9.78 Å². The first-order chi connectivity index (χ1) is 7.97. The van der Waals surface area contributed by atoms with E-state index in [4.69, 9.17) is 4.74 Å². The van der Waals surface area contributed by atoms with Crippen LogP contribution >= 0.6 is 11.3 Å². The van der Waals surface area contributed by atoms with Gasteiger partial charge >= 0.3 is 5.97 Å². The van der Waals surface area contributed by atoms with Gasteiger partial charge in [-0.15, -0.1) is 11.3 Å². The van der Waals surface area contributed by atoms with E-state index in [2.05, 4.69) is 10.3 Å². The summed E-state index contributed by atoms with van der Waals surface area (Å²) in [5, 5.41) is 4.80. The van der Waals surface area contributed by atoms with Crippen molar-refractivity contribution in [3.63, 3.8) is 0 Å². The van der Waals surface area contributed by atoms with Crippen LogP contribution in [-0.2, 0) is 20.9 Å². The zero-order valence-electron chi connectivity index (χ0n) is 9.94. The van der Waals surface area contributed by atoms with Crippen molar-refractivity contribution < 1.29 is 14.3 Å². The van der Waals surface area contributed by atoms with E-state index in [1.165, 1.54) is 24.3 Å². The number of aromatic nitrogens is 1. The van der Waals surface area contributed by atoms with Gasteiger partial charge in [-0.3, -0.25) is 4.79 Å². The summed E-state index contributed by atoms with van der Waals surface area (Å²) < 4.78 is 4.97. The Morgan fingerprint density at radius 3 is 2.76 bits per heavy atom. The van der Waals surface area contributed by atoms with Crippen LogP contribution in [0, 0.1) is 0 Å². The summed E-state index contributed by atoms with van der Waals surface area (Å²) in [6, 6.07) is 0. The lowest BCUT2D eigenvalue weighted by atomic mass is 10.3. The second kappa shape index (κ2) is 6.15. The molecule has 0 fully saturated rings. The normalized spacial score (nSPS) is 9.59. The quantitative estimate of drug-likeness (QED) is 0.660. The van der Waals surface area contributed by atoms with Crippen LogP contribution in [0.1, 0.15) is 26.5 Å². The van der Waals surface area contributed by atoms with E-state index in [0.717, 1.165) is 5.57 Å². The number of nitrogens with zero attached hydrogens (tertiary/aromatic N) is 1. The first-order valence-electron chi connectivity index (χ1n) is 5.01. The van der Waals surface area contributed by atoms with Gasteiger partial charge in [-0.2, -0.15) is 0 Å². The fraction of sp³-hybridized carbons (Fsp3) is 0.364. The minimum atomic E-state index is -0.390. The van der Waals surface area contributed by atoms with E-state index in [1.54, 1.807) is 5.38 Å². The molecule has 1 N–H and O–H groups in total. The molecule has 0 unspecified atom stereocenters. The van der Waals surface area contributed by atoms with Crippen LogP contribution in [0.4, 0.5) is 5.13 Å². The van der Waals surface area contributed by atoms with Gasteiger partial charge in [-0.05, 0) is 13.8 Å². The average molecular weight is 254 g/mol. The third-order valence-corrected chi connectivity index (χ3v) is 2.41. The Bertz CT molecular complexity index is 447. The van der Waals surface area contributed by atoms with E-state index in [9.17, 15) is 9.59 Å². The summed E-state index contributed by atoms with van der Waals surface area (Å²) in [5.74, 6) is -0.563. The summed E-state index contributed by atoms with van der Waals surface area (Å²) in [6.45, 7) is 5.16. The van der Waals surface area contributed by atoms with Crippen molar-refractivity contribution in [2.24, 2.45) is 0 Å². The first-order valence-corrected chi connectivity index (χ1v) is 5.89. The van der Waals surface area contributed by atoms with E-state index in [-0.39, 0.29) is 18.5 Å². The largest absolute Gasteiger partial charge is 0.456 e. The Labute approximate surface area is 104 Å². The topological polar surface area (TPSA) is 68.3 Å². The molecule has 0 aliphatic heterocycles. The van der Waals surface area contributed by atoms with E-state index >= 15 is 0 Å². The molecule has 0 aliphatic carbocycles. The van der Waals surface area contributed by atoms with Gasteiger partial charge in [-0.1, -0.05) is 5.57 Å². The van der Waals surface area contributed by atoms with Gasteiger partial charge in [0, 0.05) is 18.4 Å². The highest BCUT2D eigenvalue weighted by molar-refractivity contribution is 7.13. The summed E-state index contributed by atoms with van der Waals surface area (Å²) >= 11 is 1.29. The summed E-state index contributed by atoms with van der Waals surface area (Å²) in [5.41, 5.74) is 1.50. The number of nitrogens with one attached hydrogen (secondary N) is 1. The van der Waals surface area contributed by atoms with Crippen LogP contribution in [0.15, 0.2) is 17.0 Å². The van der Waals surface area contributed by atoms with E-state index in [0.29, 0.717) is 10.8 Å². The van der Waals surface area contributed by atoms with Gasteiger partial charge in [0.15, 0.2) is 5.13 Å². The number of rotatable bonds is 4. The molecule has 0 aromatic carbocycles. The fourth-order valence-electron chi connectivity index (χ4n) is 1.00. The monoisotopic (exact) mass is 254 g/mol. The molecule has 1 rings (SSSR count). The number of allylic oxidation sites excluding steroid dienone is 1. The average Bonchev–Trinajstić information content (AvgIpc) is 2.60. The van der Waals surface area contributed by atoms with Crippen LogP contribution in [0.3, 0.4) is 0 Å². The Hall–Kier alpha value is -1.69. The van der Waals surface area contributed by atoms with E-state index in [1.807, 2.05) is 13.8 Å². The molecule has 1 amide bonds. The summed E-state index contributed by atoms with van der Waals surface area (Å²) in [7, 11) is 0. The molecule has 17 heavy (non-hydrogen) atoms. The highest BCUT2D eigenvalue weighted by Crippen LogP contribution is 2.15. The number of hydrogen-bond acceptors (Lipinski definition) is 5. The van der Waals surface area contributed by atoms with Crippen molar-refractivity contribution >= 4 is 28.3 Å².